The van der Waals surface area contributed by atoms with E-state index in [9.17, 15) is 0 Å². The molecule has 0 fully saturated rings. The lowest BCUT2D eigenvalue weighted by molar-refractivity contribution is 0.590. The number of nitrogen functional groups attached to an aromatic ring is 2. The summed E-state index contributed by atoms with van der Waals surface area (Å²) in [5, 5.41) is 8.19. The molecule has 2 aromatic carbocycles. The number of nitrogens with one attached hydrogen (secondary N) is 1. The van der Waals surface area contributed by atoms with E-state index in [2.05, 4.69) is 66.3 Å². The van der Waals surface area contributed by atoms with Gasteiger partial charge in [-0.3, -0.25) is 5.10 Å². The number of aromatic amines is 1. The molecule has 27 heavy (non-hydrogen) atoms. The minimum atomic E-state index is 0.114. The summed E-state index contributed by atoms with van der Waals surface area (Å²) in [6.45, 7) is 6.64. The molecule has 5 nitrogen and oxygen atoms in total. The number of benzene rings is 2. The van der Waals surface area contributed by atoms with Crippen LogP contribution in [0.25, 0.3) is 33.2 Å². The van der Waals surface area contributed by atoms with Crippen molar-refractivity contribution in [1.82, 2.24) is 15.2 Å². The molecule has 0 spiro atoms. The van der Waals surface area contributed by atoms with E-state index >= 15 is 0 Å². The Balaban J connectivity index is 1.92. The predicted octanol–water partition coefficient (Wildman–Crippen LogP) is 4.75. The molecule has 0 bridgehead atoms. The molecule has 0 aliphatic rings. The van der Waals surface area contributed by atoms with Crippen molar-refractivity contribution in [2.75, 3.05) is 11.5 Å². The van der Waals surface area contributed by atoms with Gasteiger partial charge in [0.05, 0.1) is 5.52 Å². The topological polar surface area (TPSA) is 93.6 Å². The fraction of sp³-hybridized carbons (Fsp3) is 0.182. The van der Waals surface area contributed by atoms with Gasteiger partial charge < -0.3 is 11.5 Å². The molecule has 5 heteroatoms. The fourth-order valence-electron chi connectivity index (χ4n) is 3.31. The number of anilines is 2. The highest BCUT2D eigenvalue weighted by atomic mass is 15.1. The normalized spacial score (nSPS) is 11.8. The zero-order valence-electron chi connectivity index (χ0n) is 15.7. The van der Waals surface area contributed by atoms with Gasteiger partial charge in [0.25, 0.3) is 0 Å². The first-order chi connectivity index (χ1) is 12.8. The second-order valence-electron chi connectivity index (χ2n) is 7.85. The van der Waals surface area contributed by atoms with E-state index in [1.54, 1.807) is 6.20 Å². The number of H-pyrrole nitrogens is 1. The molecule has 0 aliphatic heterocycles. The Bertz CT molecular complexity index is 1120. The number of fused-ring (bicyclic) bond motifs is 1. The lowest BCUT2D eigenvalue weighted by Crippen LogP contribution is -2.10. The molecule has 136 valence electrons. The van der Waals surface area contributed by atoms with Crippen LogP contribution in [-0.4, -0.2) is 15.2 Å². The average Bonchev–Trinajstić information content (AvgIpc) is 3.01. The summed E-state index contributed by atoms with van der Waals surface area (Å²) in [5.41, 5.74) is 18.5. The molecule has 0 saturated carbocycles. The number of rotatable bonds is 2. The highest BCUT2D eigenvalue weighted by Crippen LogP contribution is 2.36. The maximum atomic E-state index is 6.10. The van der Waals surface area contributed by atoms with E-state index in [1.165, 1.54) is 5.56 Å². The standard InChI is InChI=1S/C22H23N5/c1-22(2,3)16-6-4-13(5-7-16)17-10-15(14-8-9-25-19(23)12-14)11-18-20(17)26-27-21(18)24/h4-12H,1-3H3,(H2,23,25)(H3,24,26,27). The molecular weight excluding hydrogens is 334 g/mol. The van der Waals surface area contributed by atoms with Gasteiger partial charge in [0.15, 0.2) is 5.82 Å². The maximum Gasteiger partial charge on any atom is 0.153 e. The third-order valence-corrected chi connectivity index (χ3v) is 4.88. The number of hydrogen-bond acceptors (Lipinski definition) is 4. The fourth-order valence-corrected chi connectivity index (χ4v) is 3.31. The van der Waals surface area contributed by atoms with Crippen molar-refractivity contribution >= 4 is 22.5 Å². The zero-order valence-corrected chi connectivity index (χ0v) is 15.7. The molecular formula is C22H23N5. The maximum absolute atomic E-state index is 6.10. The first kappa shape index (κ1) is 17.1. The van der Waals surface area contributed by atoms with Crippen LogP contribution in [0.5, 0.6) is 0 Å². The van der Waals surface area contributed by atoms with Crippen molar-refractivity contribution in [2.24, 2.45) is 0 Å². The average molecular weight is 357 g/mol. The number of nitrogens with two attached hydrogens (primary N) is 2. The predicted molar refractivity (Wildman–Crippen MR) is 112 cm³/mol. The van der Waals surface area contributed by atoms with Gasteiger partial charge in [-0.2, -0.15) is 5.10 Å². The Morgan fingerprint density at radius 3 is 2.26 bits per heavy atom. The van der Waals surface area contributed by atoms with Crippen molar-refractivity contribution in [1.29, 1.82) is 0 Å². The summed E-state index contributed by atoms with van der Waals surface area (Å²) in [4.78, 5) is 4.08. The largest absolute Gasteiger partial charge is 0.384 e. The highest BCUT2D eigenvalue weighted by molar-refractivity contribution is 6.02. The van der Waals surface area contributed by atoms with E-state index in [1.807, 2.05) is 18.2 Å². The number of aromatic nitrogens is 3. The third kappa shape index (κ3) is 3.12. The highest BCUT2D eigenvalue weighted by Gasteiger charge is 2.16. The molecule has 2 aromatic heterocycles. The van der Waals surface area contributed by atoms with Crippen LogP contribution in [0.4, 0.5) is 11.6 Å². The van der Waals surface area contributed by atoms with Gasteiger partial charge in [0.2, 0.25) is 0 Å². The monoisotopic (exact) mass is 357 g/mol. The van der Waals surface area contributed by atoms with E-state index < -0.39 is 0 Å². The summed E-state index contributed by atoms with van der Waals surface area (Å²) in [6, 6.07) is 16.6. The minimum Gasteiger partial charge on any atom is -0.384 e. The summed E-state index contributed by atoms with van der Waals surface area (Å²) >= 11 is 0. The smallest absolute Gasteiger partial charge is 0.153 e. The second kappa shape index (κ2) is 6.13. The van der Waals surface area contributed by atoms with E-state index in [0.29, 0.717) is 11.6 Å². The summed E-state index contributed by atoms with van der Waals surface area (Å²) in [6.07, 6.45) is 1.71. The van der Waals surface area contributed by atoms with Gasteiger partial charge in [0.1, 0.15) is 5.82 Å². The first-order valence-electron chi connectivity index (χ1n) is 8.93. The van der Waals surface area contributed by atoms with Crippen molar-refractivity contribution in [3.8, 4) is 22.3 Å². The lowest BCUT2D eigenvalue weighted by atomic mass is 9.86. The van der Waals surface area contributed by atoms with Crippen LogP contribution in [0.15, 0.2) is 54.7 Å². The molecule has 5 N–H and O–H groups in total. The minimum absolute atomic E-state index is 0.114. The van der Waals surface area contributed by atoms with E-state index in [0.717, 1.165) is 33.2 Å². The van der Waals surface area contributed by atoms with Gasteiger partial charge >= 0.3 is 0 Å². The van der Waals surface area contributed by atoms with Crippen LogP contribution >= 0.6 is 0 Å². The van der Waals surface area contributed by atoms with E-state index in [-0.39, 0.29) is 5.41 Å². The van der Waals surface area contributed by atoms with Crippen LogP contribution in [0.2, 0.25) is 0 Å². The molecule has 0 aliphatic carbocycles. The molecule has 0 amide bonds. The van der Waals surface area contributed by atoms with Gasteiger partial charge in [0, 0.05) is 17.1 Å². The van der Waals surface area contributed by atoms with Gasteiger partial charge in [-0.25, -0.2) is 4.98 Å². The lowest BCUT2D eigenvalue weighted by Gasteiger charge is -2.19. The van der Waals surface area contributed by atoms with Crippen LogP contribution in [-0.2, 0) is 5.41 Å². The van der Waals surface area contributed by atoms with Crippen molar-refractivity contribution in [3.05, 3.63) is 60.3 Å². The van der Waals surface area contributed by atoms with Gasteiger partial charge in [-0.15, -0.1) is 0 Å². The molecule has 0 radical (unpaired) electrons. The molecule has 2 heterocycles. The van der Waals surface area contributed by atoms with E-state index in [4.69, 9.17) is 11.5 Å². The molecule has 0 saturated heterocycles. The van der Waals surface area contributed by atoms with Crippen molar-refractivity contribution in [3.63, 3.8) is 0 Å². The first-order valence-corrected chi connectivity index (χ1v) is 8.93. The second-order valence-corrected chi connectivity index (χ2v) is 7.85. The Kier molecular flexibility index (Phi) is 3.88. The van der Waals surface area contributed by atoms with Crippen LogP contribution in [0, 0.1) is 0 Å². The SMILES string of the molecule is CC(C)(C)c1ccc(-c2cc(-c3ccnc(N)c3)cc3c(N)n[nH]c23)cc1. The Hall–Kier alpha value is -3.34. The Labute approximate surface area is 158 Å². The Morgan fingerprint density at radius 1 is 0.852 bits per heavy atom. The molecule has 0 atom stereocenters. The van der Waals surface area contributed by atoms with Crippen molar-refractivity contribution < 1.29 is 0 Å². The number of nitrogens with zero attached hydrogens (tertiary/aromatic N) is 2. The molecule has 4 aromatic rings. The van der Waals surface area contributed by atoms with Gasteiger partial charge in [-0.05, 0) is 51.9 Å². The van der Waals surface area contributed by atoms with Gasteiger partial charge in [-0.1, -0.05) is 45.0 Å². The quantitative estimate of drug-likeness (QED) is 0.482. The summed E-state index contributed by atoms with van der Waals surface area (Å²) in [5.74, 6) is 0.977. The third-order valence-electron chi connectivity index (χ3n) is 4.88. The Morgan fingerprint density at radius 2 is 1.59 bits per heavy atom. The summed E-state index contributed by atoms with van der Waals surface area (Å²) < 4.78 is 0. The molecule has 0 unspecified atom stereocenters. The zero-order chi connectivity index (χ0) is 19.2. The van der Waals surface area contributed by atoms with Crippen molar-refractivity contribution in [2.45, 2.75) is 26.2 Å². The molecule has 4 rings (SSSR count). The van der Waals surface area contributed by atoms with Crippen LogP contribution in [0.1, 0.15) is 26.3 Å². The van der Waals surface area contributed by atoms with Crippen LogP contribution in [0.3, 0.4) is 0 Å². The number of pyridine rings is 1. The summed E-state index contributed by atoms with van der Waals surface area (Å²) in [7, 11) is 0. The number of hydrogen-bond donors (Lipinski definition) is 3. The van der Waals surface area contributed by atoms with Crippen LogP contribution < -0.4 is 11.5 Å².